The molecule has 0 aromatic carbocycles. The van der Waals surface area contributed by atoms with Gasteiger partial charge in [0.2, 0.25) is 22.1 Å². The van der Waals surface area contributed by atoms with Crippen LogP contribution in [0.15, 0.2) is 0 Å². The van der Waals surface area contributed by atoms with Crippen molar-refractivity contribution in [1.29, 1.82) is 0 Å². The zero-order valence-electron chi connectivity index (χ0n) is 20.2. The fourth-order valence-corrected chi connectivity index (χ4v) is 8.69. The predicted octanol–water partition coefficient (Wildman–Crippen LogP) is 5.05. The molecule has 8 nitrogen and oxygen atoms in total. The van der Waals surface area contributed by atoms with Crippen LogP contribution in [0.1, 0.15) is 68.3 Å². The van der Waals surface area contributed by atoms with Crippen molar-refractivity contribution in [2.24, 2.45) is 29.6 Å². The second-order valence-corrected chi connectivity index (χ2v) is 13.4. The van der Waals surface area contributed by atoms with Gasteiger partial charge in [-0.2, -0.15) is 11.8 Å². The highest BCUT2D eigenvalue weighted by Crippen LogP contribution is 2.48. The van der Waals surface area contributed by atoms with E-state index in [2.05, 4.69) is 38.0 Å². The molecule has 3 aliphatic rings. The minimum atomic E-state index is 0.106. The summed E-state index contributed by atoms with van der Waals surface area (Å²) in [4.78, 5) is 25.2. The number of hydrogen-bond acceptors (Lipinski definition) is 9. The highest BCUT2D eigenvalue weighted by Gasteiger charge is 2.43. The van der Waals surface area contributed by atoms with E-state index in [1.165, 1.54) is 41.9 Å². The number of thioether (sulfide) groups is 1. The van der Waals surface area contributed by atoms with Crippen molar-refractivity contribution >= 4 is 56.5 Å². The SMILES string of the molecule is CCC1CCCC1C(=O)Nc1nnc(CCSCCc2nnc(NC(=O)C3CC4CCC3C4)s2)s1. The van der Waals surface area contributed by atoms with E-state index in [1.54, 1.807) is 0 Å². The summed E-state index contributed by atoms with van der Waals surface area (Å²) in [6, 6.07) is 0. The van der Waals surface area contributed by atoms with E-state index in [-0.39, 0.29) is 23.7 Å². The van der Waals surface area contributed by atoms with Crippen LogP contribution in [0.5, 0.6) is 0 Å². The molecule has 11 heteroatoms. The molecule has 3 saturated carbocycles. The topological polar surface area (TPSA) is 110 Å². The van der Waals surface area contributed by atoms with Crippen LogP contribution in [0.2, 0.25) is 0 Å². The maximum absolute atomic E-state index is 12.6. The van der Waals surface area contributed by atoms with E-state index in [0.717, 1.165) is 72.4 Å². The minimum Gasteiger partial charge on any atom is -0.300 e. The lowest BCUT2D eigenvalue weighted by Gasteiger charge is -2.19. The van der Waals surface area contributed by atoms with Crippen molar-refractivity contribution in [3.8, 4) is 0 Å². The summed E-state index contributed by atoms with van der Waals surface area (Å²) in [5.41, 5.74) is 0. The summed E-state index contributed by atoms with van der Waals surface area (Å²) in [5.74, 6) is 4.24. The molecule has 2 aromatic rings. The Morgan fingerprint density at radius 1 is 0.857 bits per heavy atom. The smallest absolute Gasteiger partial charge is 0.229 e. The molecule has 2 heterocycles. The molecule has 190 valence electrons. The van der Waals surface area contributed by atoms with E-state index < -0.39 is 0 Å². The third-order valence-corrected chi connectivity index (χ3v) is 10.7. The Bertz CT molecular complexity index is 966. The second kappa shape index (κ2) is 11.6. The monoisotopic (exact) mass is 534 g/mol. The largest absolute Gasteiger partial charge is 0.300 e. The van der Waals surface area contributed by atoms with E-state index >= 15 is 0 Å². The molecule has 5 unspecified atom stereocenters. The Labute approximate surface area is 218 Å². The van der Waals surface area contributed by atoms with Crippen LogP contribution < -0.4 is 10.6 Å². The Balaban J connectivity index is 0.982. The number of rotatable bonds is 11. The predicted molar refractivity (Wildman–Crippen MR) is 142 cm³/mol. The molecule has 2 N–H and O–H groups in total. The average Bonchev–Trinajstić information content (AvgIpc) is 3.68. The zero-order valence-corrected chi connectivity index (χ0v) is 22.7. The number of anilines is 2. The molecule has 5 atom stereocenters. The van der Waals surface area contributed by atoms with Crippen LogP contribution in [0, 0.1) is 29.6 Å². The van der Waals surface area contributed by atoms with E-state index in [1.807, 2.05) is 11.8 Å². The zero-order chi connectivity index (χ0) is 24.2. The second-order valence-electron chi connectivity index (χ2n) is 10.1. The Morgan fingerprint density at radius 3 is 2.09 bits per heavy atom. The Kier molecular flexibility index (Phi) is 8.34. The molecule has 0 radical (unpaired) electrons. The molecule has 0 spiro atoms. The summed E-state index contributed by atoms with van der Waals surface area (Å²) in [7, 11) is 0. The van der Waals surface area contributed by atoms with Gasteiger partial charge in [0, 0.05) is 24.7 Å². The van der Waals surface area contributed by atoms with Crippen molar-refractivity contribution < 1.29 is 9.59 Å². The first-order chi connectivity index (χ1) is 17.1. The van der Waals surface area contributed by atoms with Crippen LogP contribution in [-0.2, 0) is 22.4 Å². The molecule has 5 rings (SSSR count). The lowest BCUT2D eigenvalue weighted by molar-refractivity contribution is -0.121. The third-order valence-electron chi connectivity index (χ3n) is 7.91. The molecule has 3 aliphatic carbocycles. The molecule has 0 aliphatic heterocycles. The van der Waals surface area contributed by atoms with Crippen LogP contribution in [0.3, 0.4) is 0 Å². The van der Waals surface area contributed by atoms with Gasteiger partial charge in [0.15, 0.2) is 0 Å². The molecule has 2 aromatic heterocycles. The quantitative estimate of drug-likeness (QED) is 0.388. The van der Waals surface area contributed by atoms with Crippen LogP contribution in [-0.4, -0.2) is 43.7 Å². The van der Waals surface area contributed by atoms with Gasteiger partial charge < -0.3 is 10.6 Å². The van der Waals surface area contributed by atoms with Gasteiger partial charge in [0.1, 0.15) is 10.0 Å². The average molecular weight is 535 g/mol. The summed E-state index contributed by atoms with van der Waals surface area (Å²) >= 11 is 4.81. The summed E-state index contributed by atoms with van der Waals surface area (Å²) in [6.45, 7) is 2.17. The van der Waals surface area contributed by atoms with Gasteiger partial charge in [0.05, 0.1) is 0 Å². The number of fused-ring (bicyclic) bond motifs is 2. The number of carbonyl (C=O) groups is 2. The molecule has 2 bridgehead atoms. The number of nitrogens with one attached hydrogen (secondary N) is 2. The van der Waals surface area contributed by atoms with Crippen molar-refractivity contribution in [3.05, 3.63) is 10.0 Å². The molecule has 3 fully saturated rings. The van der Waals surface area contributed by atoms with E-state index in [0.29, 0.717) is 22.1 Å². The Hall–Kier alpha value is -1.59. The third kappa shape index (κ3) is 6.22. The standard InChI is InChI=1S/C24H34N6O2S3/c1-2-15-4-3-5-17(15)21(31)25-23-29-27-19(34-23)8-10-33-11-9-20-28-30-24(35-20)26-22(32)18-13-14-6-7-16(18)12-14/h14-18H,2-13H2,1H3,(H,25,29,31)(H,26,30,32). The van der Waals surface area contributed by atoms with Gasteiger partial charge in [0.25, 0.3) is 0 Å². The lowest BCUT2D eigenvalue weighted by atomic mass is 9.88. The molecule has 35 heavy (non-hydrogen) atoms. The van der Waals surface area contributed by atoms with Gasteiger partial charge in [-0.1, -0.05) is 48.9 Å². The number of hydrogen-bond donors (Lipinski definition) is 2. The first-order valence-corrected chi connectivity index (χ1v) is 15.7. The Morgan fingerprint density at radius 2 is 1.51 bits per heavy atom. The van der Waals surface area contributed by atoms with Crippen molar-refractivity contribution in [1.82, 2.24) is 20.4 Å². The maximum Gasteiger partial charge on any atom is 0.229 e. The van der Waals surface area contributed by atoms with Crippen molar-refractivity contribution in [3.63, 3.8) is 0 Å². The van der Waals surface area contributed by atoms with Gasteiger partial charge in [-0.15, -0.1) is 20.4 Å². The number of aryl methyl sites for hydroxylation is 2. The number of aromatic nitrogens is 4. The van der Waals surface area contributed by atoms with Gasteiger partial charge >= 0.3 is 0 Å². The number of amides is 2. The van der Waals surface area contributed by atoms with Crippen LogP contribution in [0.25, 0.3) is 0 Å². The van der Waals surface area contributed by atoms with Crippen molar-refractivity contribution in [2.45, 2.75) is 71.1 Å². The number of nitrogens with zero attached hydrogens (tertiary/aromatic N) is 4. The first-order valence-electron chi connectivity index (χ1n) is 12.9. The van der Waals surface area contributed by atoms with Crippen LogP contribution in [0.4, 0.5) is 10.3 Å². The van der Waals surface area contributed by atoms with Crippen molar-refractivity contribution in [2.75, 3.05) is 22.1 Å². The fraction of sp³-hybridized carbons (Fsp3) is 0.750. The molecule has 0 saturated heterocycles. The molecular formula is C24H34N6O2S3. The van der Waals surface area contributed by atoms with E-state index in [9.17, 15) is 9.59 Å². The summed E-state index contributed by atoms with van der Waals surface area (Å²) < 4.78 is 0. The summed E-state index contributed by atoms with van der Waals surface area (Å²) in [5, 5.41) is 26.0. The van der Waals surface area contributed by atoms with Gasteiger partial charge in [-0.25, -0.2) is 0 Å². The highest BCUT2D eigenvalue weighted by atomic mass is 32.2. The maximum atomic E-state index is 12.6. The highest BCUT2D eigenvalue weighted by molar-refractivity contribution is 7.99. The van der Waals surface area contributed by atoms with Gasteiger partial charge in [-0.05, 0) is 61.4 Å². The van der Waals surface area contributed by atoms with Crippen LogP contribution >= 0.6 is 34.4 Å². The lowest BCUT2D eigenvalue weighted by Crippen LogP contribution is -2.27. The summed E-state index contributed by atoms with van der Waals surface area (Å²) in [6.07, 6.45) is 10.8. The van der Waals surface area contributed by atoms with Gasteiger partial charge in [-0.3, -0.25) is 9.59 Å². The molecular weight excluding hydrogens is 501 g/mol. The first kappa shape index (κ1) is 25.1. The normalized spacial score (nSPS) is 27.4. The fourth-order valence-electron chi connectivity index (χ4n) is 6.06. The minimum absolute atomic E-state index is 0.106. The van der Waals surface area contributed by atoms with E-state index in [4.69, 9.17) is 0 Å². The molecule has 2 amide bonds. The number of carbonyl (C=O) groups excluding carboxylic acids is 2.